The Labute approximate surface area is 276 Å². The normalized spacial score (nSPS) is 9.65. The lowest BCUT2D eigenvalue weighted by Crippen LogP contribution is -1.88. The SMILES string of the molecule is O=Cc1sc(-c2sc(C=O)c(C#Cc3ccccc3)c2C#Cc2ccccc2)c(C#Cc2ccccc2)c1C#Cc1ccccc1. The van der Waals surface area contributed by atoms with Crippen molar-refractivity contribution in [1.82, 2.24) is 0 Å². The predicted octanol–water partition coefficient (Wildman–Crippen LogP) is 8.70. The number of benzene rings is 4. The summed E-state index contributed by atoms with van der Waals surface area (Å²) < 4.78 is 0. The minimum atomic E-state index is 0.454. The average molecular weight is 623 g/mol. The molecule has 4 aromatic carbocycles. The number of carbonyl (C=O) groups excluding carboxylic acids is 2. The molecular formula is C42H22O2S2. The lowest BCUT2D eigenvalue weighted by atomic mass is 10.0. The van der Waals surface area contributed by atoms with Crippen molar-refractivity contribution in [1.29, 1.82) is 0 Å². The maximum Gasteiger partial charge on any atom is 0.161 e. The van der Waals surface area contributed by atoms with Crippen LogP contribution in [0.3, 0.4) is 0 Å². The van der Waals surface area contributed by atoms with Crippen LogP contribution in [0.2, 0.25) is 0 Å². The zero-order valence-corrected chi connectivity index (χ0v) is 26.0. The third kappa shape index (κ3) is 6.98. The van der Waals surface area contributed by atoms with Gasteiger partial charge in [0.1, 0.15) is 0 Å². The molecule has 0 radical (unpaired) electrons. The van der Waals surface area contributed by atoms with E-state index in [4.69, 9.17) is 0 Å². The van der Waals surface area contributed by atoms with Gasteiger partial charge in [-0.15, -0.1) is 22.7 Å². The average Bonchev–Trinajstić information content (AvgIpc) is 3.66. The lowest BCUT2D eigenvalue weighted by molar-refractivity contribution is 0.111. The van der Waals surface area contributed by atoms with E-state index in [9.17, 15) is 9.59 Å². The lowest BCUT2D eigenvalue weighted by Gasteiger charge is -1.99. The Morgan fingerprint density at radius 2 is 0.609 bits per heavy atom. The Hall–Kier alpha value is -6.14. The van der Waals surface area contributed by atoms with Gasteiger partial charge in [0.25, 0.3) is 0 Å². The van der Waals surface area contributed by atoms with Crippen molar-refractivity contribution in [2.75, 3.05) is 0 Å². The molecule has 0 N–H and O–H groups in total. The molecule has 2 nitrogen and oxygen atoms in total. The van der Waals surface area contributed by atoms with E-state index in [-0.39, 0.29) is 0 Å². The van der Waals surface area contributed by atoms with E-state index in [1.807, 2.05) is 121 Å². The fourth-order valence-electron chi connectivity index (χ4n) is 4.49. The molecule has 0 aliphatic heterocycles. The second kappa shape index (κ2) is 14.6. The van der Waals surface area contributed by atoms with Gasteiger partial charge in [0, 0.05) is 22.3 Å². The molecule has 0 saturated carbocycles. The highest BCUT2D eigenvalue weighted by Crippen LogP contribution is 2.43. The maximum absolute atomic E-state index is 12.5. The van der Waals surface area contributed by atoms with Crippen molar-refractivity contribution in [3.05, 3.63) is 176 Å². The first-order chi connectivity index (χ1) is 22.7. The molecule has 0 fully saturated rings. The van der Waals surface area contributed by atoms with Crippen LogP contribution >= 0.6 is 22.7 Å². The summed E-state index contributed by atoms with van der Waals surface area (Å²) in [7, 11) is 0. The monoisotopic (exact) mass is 622 g/mol. The Kier molecular flexibility index (Phi) is 9.46. The van der Waals surface area contributed by atoms with Crippen molar-refractivity contribution in [3.63, 3.8) is 0 Å². The van der Waals surface area contributed by atoms with Crippen LogP contribution in [-0.2, 0) is 0 Å². The third-order valence-corrected chi connectivity index (χ3v) is 9.11. The molecule has 0 aliphatic carbocycles. The number of aldehydes is 2. The fourth-order valence-corrected chi connectivity index (χ4v) is 6.69. The van der Waals surface area contributed by atoms with Gasteiger partial charge in [-0.1, -0.05) is 120 Å². The van der Waals surface area contributed by atoms with E-state index >= 15 is 0 Å². The number of carbonyl (C=O) groups is 2. The molecule has 0 amide bonds. The Balaban J connectivity index is 1.62. The third-order valence-electron chi connectivity index (χ3n) is 6.71. The Morgan fingerprint density at radius 3 is 0.870 bits per heavy atom. The van der Waals surface area contributed by atoms with Gasteiger partial charge in [-0.25, -0.2) is 0 Å². The molecule has 46 heavy (non-hydrogen) atoms. The van der Waals surface area contributed by atoms with Crippen molar-refractivity contribution in [2.24, 2.45) is 0 Å². The second-order valence-corrected chi connectivity index (χ2v) is 11.9. The fraction of sp³-hybridized carbons (Fsp3) is 0. The molecule has 4 heteroatoms. The molecule has 2 aromatic heterocycles. The van der Waals surface area contributed by atoms with Gasteiger partial charge in [0.2, 0.25) is 0 Å². The molecule has 6 rings (SSSR count). The second-order valence-electron chi connectivity index (χ2n) is 9.79. The van der Waals surface area contributed by atoms with Crippen LogP contribution in [0.1, 0.15) is 63.9 Å². The maximum atomic E-state index is 12.5. The van der Waals surface area contributed by atoms with Gasteiger partial charge in [0.05, 0.1) is 41.8 Å². The summed E-state index contributed by atoms with van der Waals surface area (Å²) in [6, 6.07) is 38.5. The smallest absolute Gasteiger partial charge is 0.161 e. The molecule has 214 valence electrons. The number of rotatable bonds is 3. The van der Waals surface area contributed by atoms with E-state index in [0.29, 0.717) is 32.0 Å². The molecule has 0 atom stereocenters. The van der Waals surface area contributed by atoms with Crippen molar-refractivity contribution < 1.29 is 9.59 Å². The minimum absolute atomic E-state index is 0.454. The quantitative estimate of drug-likeness (QED) is 0.146. The van der Waals surface area contributed by atoms with Crippen LogP contribution in [0.25, 0.3) is 9.75 Å². The van der Waals surface area contributed by atoms with E-state index < -0.39 is 0 Å². The molecular weight excluding hydrogens is 601 g/mol. The first kappa shape index (κ1) is 29.9. The molecule has 0 unspecified atom stereocenters. The number of thiophene rings is 2. The molecule has 2 heterocycles. The highest BCUT2D eigenvalue weighted by atomic mass is 32.1. The van der Waals surface area contributed by atoms with Gasteiger partial charge in [-0.3, -0.25) is 9.59 Å². The van der Waals surface area contributed by atoms with Crippen molar-refractivity contribution >= 4 is 35.2 Å². The van der Waals surface area contributed by atoms with E-state index in [1.54, 1.807) is 0 Å². The number of hydrogen-bond acceptors (Lipinski definition) is 4. The van der Waals surface area contributed by atoms with E-state index in [2.05, 4.69) is 47.4 Å². The van der Waals surface area contributed by atoms with Gasteiger partial charge >= 0.3 is 0 Å². The van der Waals surface area contributed by atoms with Gasteiger partial charge < -0.3 is 0 Å². The first-order valence-electron chi connectivity index (χ1n) is 14.3. The Bertz CT molecular complexity index is 2120. The zero-order valence-electron chi connectivity index (χ0n) is 24.3. The molecule has 0 saturated heterocycles. The molecule has 6 aromatic rings. The van der Waals surface area contributed by atoms with Gasteiger partial charge in [-0.2, -0.15) is 0 Å². The summed E-state index contributed by atoms with van der Waals surface area (Å²) in [5.74, 6) is 26.0. The highest BCUT2D eigenvalue weighted by molar-refractivity contribution is 7.24. The van der Waals surface area contributed by atoms with Crippen LogP contribution in [0.5, 0.6) is 0 Å². The summed E-state index contributed by atoms with van der Waals surface area (Å²) in [6.45, 7) is 0. The zero-order chi connectivity index (χ0) is 31.6. The molecule has 0 aliphatic rings. The summed E-state index contributed by atoms with van der Waals surface area (Å²) >= 11 is 2.60. The van der Waals surface area contributed by atoms with Crippen LogP contribution < -0.4 is 0 Å². The van der Waals surface area contributed by atoms with E-state index in [1.165, 1.54) is 22.7 Å². The summed E-state index contributed by atoms with van der Waals surface area (Å²) in [5, 5.41) is 0. The summed E-state index contributed by atoms with van der Waals surface area (Å²) in [6.07, 6.45) is 1.63. The standard InChI is InChI=1S/C42H22O2S2/c43-29-39-35(25-21-31-13-5-1-6-14-31)37(27-23-33-17-9-3-10-18-33)41(45-39)42-38(28-24-34-19-11-4-12-20-34)36(40(30-44)46-42)26-22-32-15-7-2-8-16-32/h1-20,29-30H. The van der Waals surface area contributed by atoms with Crippen LogP contribution in [0.4, 0.5) is 0 Å². The molecule has 0 bridgehead atoms. The summed E-state index contributed by atoms with van der Waals surface area (Å²) in [5.41, 5.74) is 5.61. The minimum Gasteiger partial charge on any atom is -0.297 e. The van der Waals surface area contributed by atoms with Crippen molar-refractivity contribution in [2.45, 2.75) is 0 Å². The number of hydrogen-bond donors (Lipinski definition) is 0. The van der Waals surface area contributed by atoms with Gasteiger partial charge in [-0.05, 0) is 48.5 Å². The van der Waals surface area contributed by atoms with Crippen LogP contribution in [0.15, 0.2) is 121 Å². The topological polar surface area (TPSA) is 34.1 Å². The largest absolute Gasteiger partial charge is 0.297 e. The van der Waals surface area contributed by atoms with E-state index in [0.717, 1.165) is 44.6 Å². The highest BCUT2D eigenvalue weighted by Gasteiger charge is 2.24. The van der Waals surface area contributed by atoms with Crippen LogP contribution in [0, 0.1) is 47.4 Å². The van der Waals surface area contributed by atoms with Gasteiger partial charge in [0.15, 0.2) is 12.6 Å². The van der Waals surface area contributed by atoms with Crippen LogP contribution in [-0.4, -0.2) is 12.6 Å². The predicted molar refractivity (Wildman–Crippen MR) is 188 cm³/mol. The van der Waals surface area contributed by atoms with Crippen molar-refractivity contribution in [3.8, 4) is 57.1 Å². The molecule has 0 spiro atoms. The Morgan fingerprint density at radius 1 is 0.348 bits per heavy atom. The summed E-state index contributed by atoms with van der Waals surface area (Å²) in [4.78, 5) is 27.3. The first-order valence-corrected chi connectivity index (χ1v) is 15.9.